The Morgan fingerprint density at radius 3 is 2.61 bits per heavy atom. The van der Waals surface area contributed by atoms with Gasteiger partial charge in [0.15, 0.2) is 0 Å². The van der Waals surface area contributed by atoms with Crippen molar-refractivity contribution in [1.29, 1.82) is 0 Å². The van der Waals surface area contributed by atoms with E-state index in [1.165, 1.54) is 24.9 Å². The van der Waals surface area contributed by atoms with E-state index in [4.69, 9.17) is 4.42 Å². The number of fused-ring (bicyclic) bond motifs is 1. The second-order valence-corrected chi connectivity index (χ2v) is 7.27. The molecule has 2 atom stereocenters. The van der Waals surface area contributed by atoms with Crippen molar-refractivity contribution >= 4 is 0 Å². The predicted octanol–water partition coefficient (Wildman–Crippen LogP) is 3.44. The van der Waals surface area contributed by atoms with Crippen LogP contribution in [0.3, 0.4) is 0 Å². The molecule has 2 aliphatic heterocycles. The Bertz CT molecular complexity index is 665. The van der Waals surface area contributed by atoms with Gasteiger partial charge in [0.1, 0.15) is 11.5 Å². The lowest BCUT2D eigenvalue weighted by atomic mass is 9.69. The molecule has 3 heteroatoms. The second kappa shape index (κ2) is 5.81. The first-order chi connectivity index (χ1) is 11.2. The van der Waals surface area contributed by atoms with Gasteiger partial charge in [-0.25, -0.2) is 0 Å². The Labute approximate surface area is 138 Å². The Kier molecular flexibility index (Phi) is 3.78. The molecule has 0 spiro atoms. The van der Waals surface area contributed by atoms with Gasteiger partial charge < -0.3 is 9.32 Å². The highest BCUT2D eigenvalue weighted by atomic mass is 16.3. The molecule has 0 N–H and O–H groups in total. The maximum absolute atomic E-state index is 5.78. The molecule has 2 saturated heterocycles. The molecule has 3 nitrogen and oxygen atoms in total. The third-order valence-corrected chi connectivity index (χ3v) is 5.91. The van der Waals surface area contributed by atoms with Crippen LogP contribution < -0.4 is 0 Å². The van der Waals surface area contributed by atoms with Crippen LogP contribution in [-0.4, -0.2) is 42.5 Å². The molecule has 1 aromatic carbocycles. The predicted molar refractivity (Wildman–Crippen MR) is 92.5 cm³/mol. The van der Waals surface area contributed by atoms with Crippen molar-refractivity contribution in [2.75, 3.05) is 26.7 Å². The summed E-state index contributed by atoms with van der Waals surface area (Å²) in [4.78, 5) is 5.12. The van der Waals surface area contributed by atoms with Gasteiger partial charge in [-0.2, -0.15) is 0 Å². The number of aryl methyl sites for hydroxylation is 1. The number of hydrogen-bond acceptors (Lipinski definition) is 3. The van der Waals surface area contributed by atoms with Crippen molar-refractivity contribution in [3.63, 3.8) is 0 Å². The van der Waals surface area contributed by atoms with Gasteiger partial charge in [0.2, 0.25) is 0 Å². The second-order valence-electron chi connectivity index (χ2n) is 7.27. The number of rotatable bonds is 3. The average Bonchev–Trinajstić information content (AvgIpc) is 3.13. The molecule has 3 heterocycles. The van der Waals surface area contributed by atoms with Crippen molar-refractivity contribution in [1.82, 2.24) is 9.80 Å². The number of likely N-dealkylation sites (tertiary alicyclic amines) is 2. The number of likely N-dealkylation sites (N-methyl/N-ethyl adjacent to an activating group) is 1. The summed E-state index contributed by atoms with van der Waals surface area (Å²) in [5.41, 5.74) is 1.87. The molecule has 122 valence electrons. The summed E-state index contributed by atoms with van der Waals surface area (Å²) >= 11 is 0. The fourth-order valence-corrected chi connectivity index (χ4v) is 4.60. The van der Waals surface area contributed by atoms with Gasteiger partial charge in [0.05, 0.1) is 6.54 Å². The normalized spacial score (nSPS) is 28.9. The largest absolute Gasteiger partial charge is 0.465 e. The van der Waals surface area contributed by atoms with Gasteiger partial charge in [-0.15, -0.1) is 0 Å². The minimum absolute atomic E-state index is 0.339. The summed E-state index contributed by atoms with van der Waals surface area (Å²) in [7, 11) is 2.29. The van der Waals surface area contributed by atoms with Crippen LogP contribution in [0.1, 0.15) is 29.9 Å². The smallest absolute Gasteiger partial charge is 0.118 e. The first-order valence-electron chi connectivity index (χ1n) is 8.71. The molecule has 2 aromatic rings. The van der Waals surface area contributed by atoms with Crippen LogP contribution in [0.25, 0.3) is 0 Å². The third kappa shape index (κ3) is 2.62. The van der Waals surface area contributed by atoms with Gasteiger partial charge in [0.25, 0.3) is 0 Å². The van der Waals surface area contributed by atoms with E-state index in [0.29, 0.717) is 11.5 Å². The number of hydrogen-bond donors (Lipinski definition) is 0. The Hall–Kier alpha value is -1.58. The lowest BCUT2D eigenvalue weighted by molar-refractivity contribution is 0.0866. The van der Waals surface area contributed by atoms with E-state index in [1.54, 1.807) is 0 Å². The average molecular weight is 310 g/mol. The topological polar surface area (TPSA) is 19.6 Å². The van der Waals surface area contributed by atoms with Gasteiger partial charge in [0, 0.05) is 18.0 Å². The standard InChI is InChI=1S/C20H26N2O/c1-16-8-9-18(23-16)14-22-13-11-20(17-6-4-3-5-7-17)10-12-21(2)19(20)15-22/h3-9,19H,10-15H2,1-2H3/t19-,20-/m1/s1. The lowest BCUT2D eigenvalue weighted by Gasteiger charge is -2.46. The maximum atomic E-state index is 5.78. The fourth-order valence-electron chi connectivity index (χ4n) is 4.60. The van der Waals surface area contributed by atoms with Gasteiger partial charge in [-0.3, -0.25) is 4.90 Å². The van der Waals surface area contributed by atoms with Crippen LogP contribution in [0.5, 0.6) is 0 Å². The number of piperidine rings is 1. The van der Waals surface area contributed by atoms with Crippen molar-refractivity contribution in [3.05, 3.63) is 59.5 Å². The third-order valence-electron chi connectivity index (χ3n) is 5.91. The zero-order chi connectivity index (χ0) is 15.9. The van der Waals surface area contributed by atoms with Crippen molar-refractivity contribution in [2.24, 2.45) is 0 Å². The highest BCUT2D eigenvalue weighted by molar-refractivity contribution is 5.31. The molecule has 2 fully saturated rings. The van der Waals surface area contributed by atoms with E-state index >= 15 is 0 Å². The molecule has 2 aliphatic rings. The van der Waals surface area contributed by atoms with E-state index < -0.39 is 0 Å². The summed E-state index contributed by atoms with van der Waals surface area (Å²) in [5.74, 6) is 2.10. The molecule has 0 amide bonds. The quantitative estimate of drug-likeness (QED) is 0.866. The minimum Gasteiger partial charge on any atom is -0.465 e. The highest BCUT2D eigenvalue weighted by Gasteiger charge is 2.49. The number of furan rings is 1. The molecule has 4 rings (SSSR count). The highest BCUT2D eigenvalue weighted by Crippen LogP contribution is 2.45. The fraction of sp³-hybridized carbons (Fsp3) is 0.500. The summed E-state index contributed by atoms with van der Waals surface area (Å²) in [5, 5.41) is 0. The zero-order valence-corrected chi connectivity index (χ0v) is 14.2. The van der Waals surface area contributed by atoms with Crippen LogP contribution in [-0.2, 0) is 12.0 Å². The molecule has 0 unspecified atom stereocenters. The number of nitrogens with zero attached hydrogens (tertiary/aromatic N) is 2. The molecule has 0 bridgehead atoms. The van der Waals surface area contributed by atoms with E-state index in [0.717, 1.165) is 31.2 Å². The molecular weight excluding hydrogens is 284 g/mol. The Morgan fingerprint density at radius 2 is 1.87 bits per heavy atom. The summed E-state index contributed by atoms with van der Waals surface area (Å²) in [6, 6.07) is 16.0. The monoisotopic (exact) mass is 310 g/mol. The molecule has 0 saturated carbocycles. The van der Waals surface area contributed by atoms with Crippen LogP contribution in [0.4, 0.5) is 0 Å². The van der Waals surface area contributed by atoms with E-state index in [2.05, 4.69) is 59.3 Å². The lowest BCUT2D eigenvalue weighted by Crippen LogP contribution is -2.54. The van der Waals surface area contributed by atoms with Crippen molar-refractivity contribution in [2.45, 2.75) is 37.8 Å². The first-order valence-corrected chi connectivity index (χ1v) is 8.71. The minimum atomic E-state index is 0.339. The van der Waals surface area contributed by atoms with E-state index in [1.807, 2.05) is 6.92 Å². The van der Waals surface area contributed by atoms with Crippen molar-refractivity contribution < 1.29 is 4.42 Å². The van der Waals surface area contributed by atoms with Crippen LogP contribution >= 0.6 is 0 Å². The SMILES string of the molecule is Cc1ccc(CN2CC[C@@]3(c4ccccc4)CCN(C)[C@@H]3C2)o1. The first kappa shape index (κ1) is 15.0. The van der Waals surface area contributed by atoms with Gasteiger partial charge >= 0.3 is 0 Å². The van der Waals surface area contributed by atoms with Crippen LogP contribution in [0.2, 0.25) is 0 Å². The molecule has 23 heavy (non-hydrogen) atoms. The summed E-state index contributed by atoms with van der Waals surface area (Å²) in [6.45, 7) is 6.44. The number of benzene rings is 1. The zero-order valence-electron chi connectivity index (χ0n) is 14.2. The van der Waals surface area contributed by atoms with Gasteiger partial charge in [-0.05, 0) is 57.6 Å². The Morgan fingerprint density at radius 1 is 1.09 bits per heavy atom. The van der Waals surface area contributed by atoms with Crippen LogP contribution in [0.15, 0.2) is 46.9 Å². The maximum Gasteiger partial charge on any atom is 0.118 e. The van der Waals surface area contributed by atoms with Crippen molar-refractivity contribution in [3.8, 4) is 0 Å². The molecule has 0 aliphatic carbocycles. The summed E-state index contributed by atoms with van der Waals surface area (Å²) < 4.78 is 5.78. The Balaban J connectivity index is 1.55. The van der Waals surface area contributed by atoms with E-state index in [-0.39, 0.29) is 0 Å². The van der Waals surface area contributed by atoms with Gasteiger partial charge in [-0.1, -0.05) is 30.3 Å². The van der Waals surface area contributed by atoms with Crippen LogP contribution in [0, 0.1) is 6.92 Å². The summed E-state index contributed by atoms with van der Waals surface area (Å²) in [6.07, 6.45) is 2.53. The molecule has 0 radical (unpaired) electrons. The van der Waals surface area contributed by atoms with E-state index in [9.17, 15) is 0 Å². The molecule has 1 aromatic heterocycles. The molecular formula is C20H26N2O.